The zero-order valence-electron chi connectivity index (χ0n) is 9.22. The van der Waals surface area contributed by atoms with Gasteiger partial charge in [0.25, 0.3) is 0 Å². The van der Waals surface area contributed by atoms with E-state index in [1.165, 1.54) is 6.07 Å². The average Bonchev–Trinajstić information content (AvgIpc) is 2.63. The van der Waals surface area contributed by atoms with Crippen molar-refractivity contribution in [2.75, 3.05) is 0 Å². The first-order valence-electron chi connectivity index (χ1n) is 5.06. The molecular formula is C12H11ClN2O2. The van der Waals surface area contributed by atoms with Crippen molar-refractivity contribution in [3.8, 4) is 0 Å². The molecule has 4 nitrogen and oxygen atoms in total. The van der Waals surface area contributed by atoms with E-state index in [2.05, 4.69) is 4.98 Å². The topological polar surface area (TPSA) is 55.1 Å². The minimum atomic E-state index is -0.983. The lowest BCUT2D eigenvalue weighted by Crippen LogP contribution is -2.09. The number of hydrogen-bond acceptors (Lipinski definition) is 2. The van der Waals surface area contributed by atoms with Crippen LogP contribution in [0.1, 0.15) is 21.6 Å². The van der Waals surface area contributed by atoms with Gasteiger partial charge in [0.2, 0.25) is 0 Å². The van der Waals surface area contributed by atoms with Crippen LogP contribution in [0.3, 0.4) is 0 Å². The van der Waals surface area contributed by atoms with Crippen LogP contribution in [0.5, 0.6) is 0 Å². The highest BCUT2D eigenvalue weighted by molar-refractivity contribution is 6.30. The molecule has 2 aromatic heterocycles. The molecule has 0 aliphatic heterocycles. The van der Waals surface area contributed by atoms with Gasteiger partial charge in [-0.3, -0.25) is 4.98 Å². The largest absolute Gasteiger partial charge is 0.477 e. The minimum Gasteiger partial charge on any atom is -0.477 e. The molecule has 0 fully saturated rings. The standard InChI is InChI=1S/C12H11ClN2O2/c1-8-5-14-3-2-9(8)6-15-7-10(13)4-11(15)12(16)17/h2-5,7H,6H2,1H3,(H,16,17). The smallest absolute Gasteiger partial charge is 0.352 e. The Morgan fingerprint density at radius 1 is 1.59 bits per heavy atom. The van der Waals surface area contributed by atoms with E-state index >= 15 is 0 Å². The molecule has 0 unspecified atom stereocenters. The Labute approximate surface area is 103 Å². The Morgan fingerprint density at radius 2 is 2.35 bits per heavy atom. The zero-order valence-corrected chi connectivity index (χ0v) is 9.98. The van der Waals surface area contributed by atoms with Crippen LogP contribution in [0, 0.1) is 6.92 Å². The van der Waals surface area contributed by atoms with Gasteiger partial charge in [0.05, 0.1) is 5.02 Å². The molecular weight excluding hydrogens is 240 g/mol. The van der Waals surface area contributed by atoms with Crippen LogP contribution in [0.4, 0.5) is 0 Å². The summed E-state index contributed by atoms with van der Waals surface area (Å²) in [7, 11) is 0. The lowest BCUT2D eigenvalue weighted by Gasteiger charge is -2.08. The van der Waals surface area contributed by atoms with Crippen molar-refractivity contribution >= 4 is 17.6 Å². The number of carboxylic acids is 1. The van der Waals surface area contributed by atoms with E-state index in [1.54, 1.807) is 23.2 Å². The van der Waals surface area contributed by atoms with Gasteiger partial charge in [-0.15, -0.1) is 0 Å². The molecule has 0 saturated heterocycles. The van der Waals surface area contributed by atoms with E-state index in [-0.39, 0.29) is 5.69 Å². The number of carbonyl (C=O) groups is 1. The molecule has 0 spiro atoms. The van der Waals surface area contributed by atoms with Crippen molar-refractivity contribution < 1.29 is 9.90 Å². The summed E-state index contributed by atoms with van der Waals surface area (Å²) in [6.07, 6.45) is 5.06. The predicted octanol–water partition coefficient (Wildman–Crippen LogP) is 2.59. The third-order valence-corrected chi connectivity index (χ3v) is 2.77. The maximum Gasteiger partial charge on any atom is 0.352 e. The molecule has 0 aliphatic rings. The second-order valence-electron chi connectivity index (χ2n) is 3.78. The molecule has 2 rings (SSSR count). The van der Waals surface area contributed by atoms with E-state index in [4.69, 9.17) is 16.7 Å². The number of carboxylic acid groups (broad SMARTS) is 1. The molecule has 88 valence electrons. The molecule has 0 aliphatic carbocycles. The number of aromatic carboxylic acids is 1. The van der Waals surface area contributed by atoms with E-state index < -0.39 is 5.97 Å². The van der Waals surface area contributed by atoms with Crippen molar-refractivity contribution in [2.45, 2.75) is 13.5 Å². The molecule has 0 bridgehead atoms. The van der Waals surface area contributed by atoms with Gasteiger partial charge < -0.3 is 9.67 Å². The van der Waals surface area contributed by atoms with Gasteiger partial charge in [-0.1, -0.05) is 11.6 Å². The summed E-state index contributed by atoms with van der Waals surface area (Å²) in [5, 5.41) is 9.46. The van der Waals surface area contributed by atoms with Gasteiger partial charge in [0.1, 0.15) is 5.69 Å². The quantitative estimate of drug-likeness (QED) is 0.911. The third kappa shape index (κ3) is 2.47. The van der Waals surface area contributed by atoms with E-state index in [9.17, 15) is 4.79 Å². The van der Waals surface area contributed by atoms with Crippen LogP contribution < -0.4 is 0 Å². The number of aromatic nitrogens is 2. The number of pyridine rings is 1. The first-order chi connectivity index (χ1) is 8.08. The van der Waals surface area contributed by atoms with Crippen molar-refractivity contribution in [3.05, 3.63) is 52.6 Å². The van der Waals surface area contributed by atoms with Crippen LogP contribution in [0.25, 0.3) is 0 Å². The van der Waals surface area contributed by atoms with Gasteiger partial charge in [-0.05, 0) is 30.2 Å². The number of rotatable bonds is 3. The van der Waals surface area contributed by atoms with Crippen LogP contribution in [-0.2, 0) is 6.54 Å². The van der Waals surface area contributed by atoms with Gasteiger partial charge in [0, 0.05) is 25.1 Å². The Hall–Kier alpha value is -1.81. The second-order valence-corrected chi connectivity index (χ2v) is 4.22. The average molecular weight is 251 g/mol. The maximum absolute atomic E-state index is 11.0. The summed E-state index contributed by atoms with van der Waals surface area (Å²) in [5.41, 5.74) is 2.23. The molecule has 0 atom stereocenters. The van der Waals surface area contributed by atoms with E-state index in [0.29, 0.717) is 11.6 Å². The van der Waals surface area contributed by atoms with Gasteiger partial charge in [-0.25, -0.2) is 4.79 Å². The summed E-state index contributed by atoms with van der Waals surface area (Å²) in [5.74, 6) is -0.983. The molecule has 0 saturated carbocycles. The van der Waals surface area contributed by atoms with Crippen LogP contribution in [-0.4, -0.2) is 20.6 Å². The normalized spacial score (nSPS) is 10.5. The van der Waals surface area contributed by atoms with Crippen LogP contribution in [0.15, 0.2) is 30.7 Å². The Bertz CT molecular complexity index is 563. The summed E-state index contributed by atoms with van der Waals surface area (Å²) in [6.45, 7) is 2.41. The van der Waals surface area contributed by atoms with Gasteiger partial charge in [-0.2, -0.15) is 0 Å². The lowest BCUT2D eigenvalue weighted by molar-refractivity contribution is 0.0685. The molecule has 0 aromatic carbocycles. The fourth-order valence-electron chi connectivity index (χ4n) is 1.65. The molecule has 17 heavy (non-hydrogen) atoms. The van der Waals surface area contributed by atoms with Gasteiger partial charge in [0.15, 0.2) is 0 Å². The second kappa shape index (κ2) is 4.59. The summed E-state index contributed by atoms with van der Waals surface area (Å²) < 4.78 is 1.62. The molecule has 5 heteroatoms. The zero-order chi connectivity index (χ0) is 12.4. The molecule has 0 amide bonds. The van der Waals surface area contributed by atoms with Crippen molar-refractivity contribution in [1.82, 2.24) is 9.55 Å². The van der Waals surface area contributed by atoms with E-state index in [1.807, 2.05) is 13.0 Å². The van der Waals surface area contributed by atoms with Crippen molar-refractivity contribution in [2.24, 2.45) is 0 Å². The lowest BCUT2D eigenvalue weighted by atomic mass is 10.1. The van der Waals surface area contributed by atoms with Gasteiger partial charge >= 0.3 is 5.97 Å². The summed E-state index contributed by atoms with van der Waals surface area (Å²) >= 11 is 5.82. The highest BCUT2D eigenvalue weighted by atomic mass is 35.5. The molecule has 1 N–H and O–H groups in total. The number of aryl methyl sites for hydroxylation is 1. The highest BCUT2D eigenvalue weighted by Crippen LogP contribution is 2.17. The first-order valence-corrected chi connectivity index (χ1v) is 5.44. The van der Waals surface area contributed by atoms with Crippen LogP contribution in [0.2, 0.25) is 5.02 Å². The minimum absolute atomic E-state index is 0.186. The fourth-order valence-corrected chi connectivity index (χ4v) is 1.87. The summed E-state index contributed by atoms with van der Waals surface area (Å²) in [6, 6.07) is 3.31. The van der Waals surface area contributed by atoms with Crippen molar-refractivity contribution in [1.29, 1.82) is 0 Å². The number of hydrogen-bond donors (Lipinski definition) is 1. The number of nitrogens with zero attached hydrogens (tertiary/aromatic N) is 2. The highest BCUT2D eigenvalue weighted by Gasteiger charge is 2.12. The molecule has 2 aromatic rings. The van der Waals surface area contributed by atoms with Crippen molar-refractivity contribution in [3.63, 3.8) is 0 Å². The predicted molar refractivity (Wildman–Crippen MR) is 64.5 cm³/mol. The third-order valence-electron chi connectivity index (χ3n) is 2.56. The van der Waals surface area contributed by atoms with E-state index in [0.717, 1.165) is 11.1 Å². The monoisotopic (exact) mass is 250 g/mol. The molecule has 2 heterocycles. The SMILES string of the molecule is Cc1cnccc1Cn1cc(Cl)cc1C(=O)O. The first kappa shape index (κ1) is 11.7. The summed E-state index contributed by atoms with van der Waals surface area (Å²) in [4.78, 5) is 15.0. The Kier molecular flexibility index (Phi) is 3.15. The Balaban J connectivity index is 2.36. The molecule has 0 radical (unpaired) electrons. The Morgan fingerprint density at radius 3 is 3.00 bits per heavy atom. The number of halogens is 1. The van der Waals surface area contributed by atoms with Crippen LogP contribution >= 0.6 is 11.6 Å². The maximum atomic E-state index is 11.0. The fraction of sp³-hybridized carbons (Fsp3) is 0.167.